The fourth-order valence-electron chi connectivity index (χ4n) is 1.58. The second-order valence-corrected chi connectivity index (χ2v) is 5.73. The molecular weight excluding hydrogens is 285 g/mol. The molecule has 1 aromatic carbocycles. The van der Waals surface area contributed by atoms with Crippen LogP contribution in [0.25, 0.3) is 0 Å². The normalized spacial score (nSPS) is 10.4. The van der Waals surface area contributed by atoms with Crippen molar-refractivity contribution in [3.63, 3.8) is 0 Å². The summed E-state index contributed by atoms with van der Waals surface area (Å²) >= 11 is 0. The zero-order chi connectivity index (χ0) is 16.8. The number of carbonyl (C=O) groups is 2. The largest absolute Gasteiger partial charge is 0.444 e. The number of ether oxygens (including phenoxy) is 1. The van der Waals surface area contributed by atoms with Crippen molar-refractivity contribution in [2.45, 2.75) is 39.7 Å². The molecule has 1 aromatic rings. The molecule has 0 unspecified atom stereocenters. The van der Waals surface area contributed by atoms with Crippen LogP contribution < -0.4 is 5.32 Å². The molecule has 1 amide bonds. The van der Waals surface area contributed by atoms with Crippen LogP contribution >= 0.6 is 0 Å². The molecule has 0 radical (unpaired) electrons. The molecule has 0 fully saturated rings. The lowest BCUT2D eigenvalue weighted by molar-refractivity contribution is 0.0529. The van der Waals surface area contributed by atoms with Gasteiger partial charge in [0.05, 0.1) is 5.56 Å². The van der Waals surface area contributed by atoms with E-state index in [1.165, 1.54) is 25.1 Å². The summed E-state index contributed by atoms with van der Waals surface area (Å²) in [7, 11) is 0. The Kier molecular flexibility index (Phi) is 6.11. The quantitative estimate of drug-likeness (QED) is 0.529. The summed E-state index contributed by atoms with van der Waals surface area (Å²) < 4.78 is 18.4. The smallest absolute Gasteiger partial charge is 0.407 e. The fourth-order valence-corrected chi connectivity index (χ4v) is 1.58. The van der Waals surface area contributed by atoms with Crippen LogP contribution in [-0.2, 0) is 4.74 Å². The third kappa shape index (κ3) is 6.40. The van der Waals surface area contributed by atoms with Gasteiger partial charge in [0.25, 0.3) is 0 Å². The topological polar surface area (TPSA) is 55.4 Å². The van der Waals surface area contributed by atoms with Crippen molar-refractivity contribution in [3.8, 4) is 11.8 Å². The highest BCUT2D eigenvalue weighted by Crippen LogP contribution is 2.10. The SMILES string of the molecule is CC(=O)c1cc(C#CCCNC(=O)OC(C)(C)C)ccc1F. The molecule has 0 aliphatic heterocycles. The number of rotatable bonds is 3. The van der Waals surface area contributed by atoms with Crippen LogP contribution in [0.1, 0.15) is 50.0 Å². The van der Waals surface area contributed by atoms with E-state index in [1.54, 1.807) is 20.8 Å². The zero-order valence-corrected chi connectivity index (χ0v) is 13.2. The van der Waals surface area contributed by atoms with Crippen molar-refractivity contribution in [3.05, 3.63) is 35.1 Å². The Morgan fingerprint density at radius 2 is 2.00 bits per heavy atom. The average Bonchev–Trinajstić information content (AvgIpc) is 2.37. The van der Waals surface area contributed by atoms with Gasteiger partial charge < -0.3 is 10.1 Å². The van der Waals surface area contributed by atoms with Gasteiger partial charge in [-0.3, -0.25) is 4.79 Å². The summed E-state index contributed by atoms with van der Waals surface area (Å²) in [6.45, 7) is 7.01. The van der Waals surface area contributed by atoms with Gasteiger partial charge in [-0.25, -0.2) is 9.18 Å². The maximum absolute atomic E-state index is 13.4. The van der Waals surface area contributed by atoms with Crippen LogP contribution in [-0.4, -0.2) is 24.0 Å². The number of carbonyl (C=O) groups excluding carboxylic acids is 2. The van der Waals surface area contributed by atoms with E-state index in [4.69, 9.17) is 4.74 Å². The maximum Gasteiger partial charge on any atom is 0.407 e. The number of halogens is 1. The fraction of sp³-hybridized carbons (Fsp3) is 0.412. The minimum Gasteiger partial charge on any atom is -0.444 e. The molecule has 0 aliphatic carbocycles. The van der Waals surface area contributed by atoms with Gasteiger partial charge in [0, 0.05) is 18.5 Å². The van der Waals surface area contributed by atoms with Crippen molar-refractivity contribution in [1.82, 2.24) is 5.32 Å². The molecule has 118 valence electrons. The highest BCUT2D eigenvalue weighted by molar-refractivity contribution is 5.94. The molecule has 22 heavy (non-hydrogen) atoms. The molecule has 0 saturated carbocycles. The van der Waals surface area contributed by atoms with Gasteiger partial charge in [-0.05, 0) is 45.9 Å². The molecule has 0 bridgehead atoms. The zero-order valence-electron chi connectivity index (χ0n) is 13.2. The van der Waals surface area contributed by atoms with E-state index in [0.29, 0.717) is 18.5 Å². The van der Waals surface area contributed by atoms with E-state index in [9.17, 15) is 14.0 Å². The lowest BCUT2D eigenvalue weighted by Crippen LogP contribution is -2.32. The minimum absolute atomic E-state index is 0.0266. The van der Waals surface area contributed by atoms with Crippen molar-refractivity contribution < 1.29 is 18.7 Å². The Balaban J connectivity index is 2.50. The Morgan fingerprint density at radius 3 is 2.59 bits per heavy atom. The number of ketones is 1. The van der Waals surface area contributed by atoms with Gasteiger partial charge in [-0.2, -0.15) is 0 Å². The molecule has 0 aromatic heterocycles. The first-order chi connectivity index (χ1) is 10.2. The first kappa shape index (κ1) is 17.7. The predicted molar refractivity (Wildman–Crippen MR) is 82.1 cm³/mol. The number of amides is 1. The monoisotopic (exact) mass is 305 g/mol. The molecule has 0 saturated heterocycles. The summed E-state index contributed by atoms with van der Waals surface area (Å²) in [6.07, 6.45) is -0.0681. The predicted octanol–water partition coefficient (Wildman–Crippen LogP) is 3.29. The number of alkyl carbamates (subject to hydrolysis) is 1. The molecule has 0 atom stereocenters. The Hall–Kier alpha value is -2.35. The average molecular weight is 305 g/mol. The molecular formula is C17H20FNO3. The molecule has 1 rings (SSSR count). The third-order valence-corrected chi connectivity index (χ3v) is 2.50. The van der Waals surface area contributed by atoms with Crippen molar-refractivity contribution in [2.75, 3.05) is 6.54 Å². The molecule has 4 nitrogen and oxygen atoms in total. The lowest BCUT2D eigenvalue weighted by Gasteiger charge is -2.19. The van der Waals surface area contributed by atoms with Gasteiger partial charge in [-0.15, -0.1) is 0 Å². The first-order valence-electron chi connectivity index (χ1n) is 6.95. The first-order valence-corrected chi connectivity index (χ1v) is 6.95. The van der Waals surface area contributed by atoms with Gasteiger partial charge in [0.15, 0.2) is 5.78 Å². The van der Waals surface area contributed by atoms with Crippen molar-refractivity contribution >= 4 is 11.9 Å². The summed E-state index contributed by atoms with van der Waals surface area (Å²) in [4.78, 5) is 22.6. The number of hydrogen-bond acceptors (Lipinski definition) is 3. The van der Waals surface area contributed by atoms with Crippen LogP contribution in [0.4, 0.5) is 9.18 Å². The molecule has 5 heteroatoms. The van der Waals surface area contributed by atoms with Gasteiger partial charge >= 0.3 is 6.09 Å². The van der Waals surface area contributed by atoms with E-state index in [2.05, 4.69) is 17.2 Å². The van der Waals surface area contributed by atoms with E-state index in [1.807, 2.05) is 0 Å². The molecule has 0 heterocycles. The summed E-state index contributed by atoms with van der Waals surface area (Å²) in [6, 6.07) is 4.15. The van der Waals surface area contributed by atoms with E-state index >= 15 is 0 Å². The molecule has 0 spiro atoms. The van der Waals surface area contributed by atoms with Gasteiger partial charge in [0.2, 0.25) is 0 Å². The van der Waals surface area contributed by atoms with Gasteiger partial charge in [0.1, 0.15) is 11.4 Å². The molecule has 0 aliphatic rings. The Morgan fingerprint density at radius 1 is 1.32 bits per heavy atom. The van der Waals surface area contributed by atoms with E-state index in [0.717, 1.165) is 0 Å². The van der Waals surface area contributed by atoms with Crippen LogP contribution in [0.15, 0.2) is 18.2 Å². The highest BCUT2D eigenvalue weighted by Gasteiger charge is 2.15. The number of Topliss-reactive ketones (excluding diaryl/α,β-unsaturated/α-hetero) is 1. The van der Waals surface area contributed by atoms with E-state index < -0.39 is 17.5 Å². The summed E-state index contributed by atoms with van der Waals surface area (Å²) in [5.74, 6) is 4.79. The van der Waals surface area contributed by atoms with Gasteiger partial charge in [-0.1, -0.05) is 11.8 Å². The Labute approximate surface area is 130 Å². The van der Waals surface area contributed by atoms with E-state index in [-0.39, 0.29) is 11.3 Å². The van der Waals surface area contributed by atoms with Crippen LogP contribution in [0.5, 0.6) is 0 Å². The standard InChI is InChI=1S/C17H20FNO3/c1-12(20)14-11-13(8-9-15(14)18)7-5-6-10-19-16(21)22-17(2,3)4/h8-9,11H,6,10H2,1-4H3,(H,19,21). The summed E-state index contributed by atoms with van der Waals surface area (Å²) in [5, 5.41) is 2.59. The van der Waals surface area contributed by atoms with Crippen LogP contribution in [0.3, 0.4) is 0 Å². The lowest BCUT2D eigenvalue weighted by atomic mass is 10.1. The minimum atomic E-state index is -0.551. The number of hydrogen-bond donors (Lipinski definition) is 1. The Bertz CT molecular complexity index is 621. The maximum atomic E-state index is 13.4. The van der Waals surface area contributed by atoms with Crippen LogP contribution in [0.2, 0.25) is 0 Å². The van der Waals surface area contributed by atoms with Crippen molar-refractivity contribution in [2.24, 2.45) is 0 Å². The third-order valence-electron chi connectivity index (χ3n) is 2.50. The summed E-state index contributed by atoms with van der Waals surface area (Å²) in [5.41, 5.74) is 0.0509. The highest BCUT2D eigenvalue weighted by atomic mass is 19.1. The van der Waals surface area contributed by atoms with Crippen LogP contribution in [0, 0.1) is 17.7 Å². The second kappa shape index (κ2) is 7.60. The molecule has 1 N–H and O–H groups in total. The van der Waals surface area contributed by atoms with Crippen molar-refractivity contribution in [1.29, 1.82) is 0 Å². The number of nitrogens with one attached hydrogen (secondary N) is 1. The second-order valence-electron chi connectivity index (χ2n) is 5.73. The number of benzene rings is 1.